The summed E-state index contributed by atoms with van der Waals surface area (Å²) >= 11 is 0. The first-order chi connectivity index (χ1) is 0. The molecule has 0 radical (unpaired) electrons. The molecule has 0 N–H and O–H groups in total. The third-order valence-electron chi connectivity index (χ3n) is 0. The van der Waals surface area contributed by atoms with Gasteiger partial charge in [0.05, 0.1) is 0 Å². The maximum atomic E-state index is 0. The molecule has 0 nitrogen and oxygen atoms in total. The Labute approximate surface area is 56.4 Å². The van der Waals surface area contributed by atoms with Crippen molar-refractivity contribution in [1.29, 1.82) is 0 Å². The van der Waals surface area contributed by atoms with Crippen molar-refractivity contribution in [2.45, 2.75) is 0 Å². The minimum Gasteiger partial charge on any atom is -0.0149 e. The predicted octanol–water partition coefficient (Wildman–Crippen LogP) is -2.91. The number of hydrogen-bond acceptors (Lipinski definition) is 0. The molecule has 0 aliphatic heterocycles. The van der Waals surface area contributed by atoms with E-state index in [-0.39, 0.29) is 56.4 Å². The van der Waals surface area contributed by atoms with Crippen LogP contribution in [0.15, 0.2) is 0 Å². The zero-order chi connectivity index (χ0) is 0. The van der Waals surface area contributed by atoms with Crippen molar-refractivity contribution >= 4 is 21.9 Å². The standard InChI is InChI=1S/Cr.Fe.2H4Si/h;;2*1H4. The van der Waals surface area contributed by atoms with E-state index in [0.717, 1.165) is 0 Å². The zero-order valence-electron chi connectivity index (χ0n) is 0.762. The molecule has 0 atom stereocenters. The molecule has 0 bridgehead atoms. The summed E-state index contributed by atoms with van der Waals surface area (Å²) in [5, 5.41) is 0. The average Bonchev–Trinajstić information content (AvgIpc) is 0. The van der Waals surface area contributed by atoms with E-state index in [1.807, 2.05) is 0 Å². The molecule has 0 amide bonds. The van der Waals surface area contributed by atoms with Crippen LogP contribution in [0.4, 0.5) is 0 Å². The molecule has 0 rings (SSSR count). The van der Waals surface area contributed by atoms with Gasteiger partial charge in [-0.05, 0) is 21.9 Å². The van der Waals surface area contributed by atoms with Gasteiger partial charge in [-0.25, -0.2) is 0 Å². The van der Waals surface area contributed by atoms with Gasteiger partial charge in [-0.3, -0.25) is 0 Å². The van der Waals surface area contributed by atoms with Crippen LogP contribution >= 0.6 is 0 Å². The molecular formula is H8CrFeSi2. The molecule has 0 saturated heterocycles. The molecule has 0 aromatic carbocycles. The van der Waals surface area contributed by atoms with Crippen LogP contribution in [-0.2, 0) is 34.4 Å². The van der Waals surface area contributed by atoms with Gasteiger partial charge in [-0.1, -0.05) is 0 Å². The maximum Gasteiger partial charge on any atom is 0 e. The van der Waals surface area contributed by atoms with Gasteiger partial charge >= 0.3 is 0 Å². The van der Waals surface area contributed by atoms with Crippen LogP contribution in [-0.4, -0.2) is 21.9 Å². The Morgan fingerprint density at radius 3 is 0.750 bits per heavy atom. The summed E-state index contributed by atoms with van der Waals surface area (Å²) in [4.78, 5) is 0. The average molecular weight is 172 g/mol. The van der Waals surface area contributed by atoms with Gasteiger partial charge < -0.3 is 0 Å². The SMILES string of the molecule is [Cr].[Fe].[SiH4].[SiH4]. The van der Waals surface area contributed by atoms with Crippen molar-refractivity contribution in [3.8, 4) is 0 Å². The molecule has 0 aliphatic rings. The first kappa shape index (κ1) is 50.0. The van der Waals surface area contributed by atoms with E-state index in [1.54, 1.807) is 0 Å². The van der Waals surface area contributed by atoms with Gasteiger partial charge in [0.15, 0.2) is 0 Å². The predicted molar refractivity (Wildman–Crippen MR) is 22.7 cm³/mol. The fourth-order valence-electron chi connectivity index (χ4n) is 0. The van der Waals surface area contributed by atoms with Crippen LogP contribution in [0.1, 0.15) is 0 Å². The number of rotatable bonds is 0. The van der Waals surface area contributed by atoms with Crippen molar-refractivity contribution < 1.29 is 34.4 Å². The summed E-state index contributed by atoms with van der Waals surface area (Å²) in [7, 11) is 0. The monoisotopic (exact) mass is 172 g/mol. The molecule has 0 spiro atoms. The van der Waals surface area contributed by atoms with E-state index >= 15 is 0 Å². The summed E-state index contributed by atoms with van der Waals surface area (Å²) in [5.41, 5.74) is 0. The molecule has 4 heavy (non-hydrogen) atoms. The number of hydrogen-bond donors (Lipinski definition) is 0. The fourth-order valence-corrected chi connectivity index (χ4v) is 0. The Morgan fingerprint density at radius 1 is 0.750 bits per heavy atom. The molecular weight excluding hydrogens is 164 g/mol. The molecule has 0 aliphatic carbocycles. The molecule has 0 aromatic rings. The third kappa shape index (κ3) is 9.76. The first-order valence-corrected chi connectivity index (χ1v) is 0. The maximum absolute atomic E-state index is 0. The van der Waals surface area contributed by atoms with Crippen molar-refractivity contribution in [2.24, 2.45) is 0 Å². The normalized spacial score (nSPS) is 0. The van der Waals surface area contributed by atoms with Crippen LogP contribution in [0.3, 0.4) is 0 Å². The molecule has 30 valence electrons. The van der Waals surface area contributed by atoms with Crippen LogP contribution in [0.5, 0.6) is 0 Å². The molecule has 4 heteroatoms. The Kier molecular flexibility index (Phi) is 309. The van der Waals surface area contributed by atoms with E-state index in [0.29, 0.717) is 0 Å². The van der Waals surface area contributed by atoms with Gasteiger partial charge in [0.25, 0.3) is 0 Å². The summed E-state index contributed by atoms with van der Waals surface area (Å²) in [6.07, 6.45) is 0. The molecule has 0 unspecified atom stereocenters. The smallest absolute Gasteiger partial charge is 0 e. The van der Waals surface area contributed by atoms with Crippen molar-refractivity contribution in [3.63, 3.8) is 0 Å². The van der Waals surface area contributed by atoms with Gasteiger partial charge in [-0.2, -0.15) is 0 Å². The summed E-state index contributed by atoms with van der Waals surface area (Å²) in [5.74, 6) is 0. The Bertz CT molecular complexity index is 6.00. The second-order valence-corrected chi connectivity index (χ2v) is 0. The van der Waals surface area contributed by atoms with Crippen molar-refractivity contribution in [1.82, 2.24) is 0 Å². The largest absolute Gasteiger partial charge is 0.0149 e. The van der Waals surface area contributed by atoms with Crippen molar-refractivity contribution in [2.75, 3.05) is 0 Å². The second-order valence-electron chi connectivity index (χ2n) is 0. The minimum absolute atomic E-state index is 0. The van der Waals surface area contributed by atoms with Gasteiger partial charge in [0.2, 0.25) is 0 Å². The molecule has 0 fully saturated rings. The van der Waals surface area contributed by atoms with Crippen LogP contribution in [0.25, 0.3) is 0 Å². The van der Waals surface area contributed by atoms with Crippen LogP contribution < -0.4 is 0 Å². The topological polar surface area (TPSA) is 0 Å². The van der Waals surface area contributed by atoms with E-state index < -0.39 is 0 Å². The van der Waals surface area contributed by atoms with E-state index in [4.69, 9.17) is 0 Å². The minimum atomic E-state index is 0. The fraction of sp³-hybridized carbons (Fsp3) is 0. The van der Waals surface area contributed by atoms with Gasteiger partial charge in [0, 0.05) is 34.4 Å². The van der Waals surface area contributed by atoms with Gasteiger partial charge in [0.1, 0.15) is 0 Å². The van der Waals surface area contributed by atoms with E-state index in [1.165, 1.54) is 0 Å². The summed E-state index contributed by atoms with van der Waals surface area (Å²) in [6.45, 7) is 0. The molecule has 0 heterocycles. The summed E-state index contributed by atoms with van der Waals surface area (Å²) < 4.78 is 0. The van der Waals surface area contributed by atoms with E-state index in [2.05, 4.69) is 0 Å². The Morgan fingerprint density at radius 2 is 0.750 bits per heavy atom. The zero-order valence-corrected chi connectivity index (χ0v) is 3.14. The van der Waals surface area contributed by atoms with Crippen LogP contribution in [0.2, 0.25) is 0 Å². The third-order valence-corrected chi connectivity index (χ3v) is 0. The first-order valence-electron chi connectivity index (χ1n) is 0. The van der Waals surface area contributed by atoms with Crippen molar-refractivity contribution in [3.05, 3.63) is 0 Å². The quantitative estimate of drug-likeness (QED) is 0.344. The second kappa shape index (κ2) is 24.7. The Balaban J connectivity index is 0. The van der Waals surface area contributed by atoms with E-state index in [9.17, 15) is 0 Å². The Hall–Kier alpha value is 1.49. The molecule has 0 aromatic heterocycles. The van der Waals surface area contributed by atoms with Crippen LogP contribution in [0, 0.1) is 0 Å². The molecule has 0 saturated carbocycles. The van der Waals surface area contributed by atoms with Gasteiger partial charge in [-0.15, -0.1) is 0 Å². The summed E-state index contributed by atoms with van der Waals surface area (Å²) in [6, 6.07) is 0.